The minimum Gasteiger partial charge on any atom is -0.455 e. The molecular formula is C10H16N4O2. The fourth-order valence-electron chi connectivity index (χ4n) is 1.75. The minimum absolute atomic E-state index is 0.257. The first-order valence-electron chi connectivity index (χ1n) is 5.32. The maximum atomic E-state index is 11.2. The van der Waals surface area contributed by atoms with Crippen molar-refractivity contribution in [2.75, 3.05) is 26.2 Å². The molecule has 1 aliphatic rings. The summed E-state index contributed by atoms with van der Waals surface area (Å²) in [5, 5.41) is 3.28. The van der Waals surface area contributed by atoms with Crippen molar-refractivity contribution in [2.24, 2.45) is 5.84 Å². The van der Waals surface area contributed by atoms with Crippen LogP contribution in [0.1, 0.15) is 16.3 Å². The van der Waals surface area contributed by atoms with Crippen LogP contribution in [-0.2, 0) is 6.54 Å². The van der Waals surface area contributed by atoms with E-state index < -0.39 is 5.91 Å². The summed E-state index contributed by atoms with van der Waals surface area (Å²) in [5.41, 5.74) is 2.04. The molecule has 1 aromatic rings. The van der Waals surface area contributed by atoms with Gasteiger partial charge < -0.3 is 9.73 Å². The first-order valence-corrected chi connectivity index (χ1v) is 5.32. The second kappa shape index (κ2) is 5.11. The van der Waals surface area contributed by atoms with Gasteiger partial charge in [-0.1, -0.05) is 0 Å². The maximum Gasteiger partial charge on any atom is 0.300 e. The van der Waals surface area contributed by atoms with E-state index in [1.165, 1.54) is 0 Å². The zero-order valence-electron chi connectivity index (χ0n) is 9.03. The van der Waals surface area contributed by atoms with Crippen molar-refractivity contribution in [3.05, 3.63) is 23.7 Å². The smallest absolute Gasteiger partial charge is 0.300 e. The van der Waals surface area contributed by atoms with Gasteiger partial charge in [0.25, 0.3) is 0 Å². The second-order valence-corrected chi connectivity index (χ2v) is 3.77. The van der Waals surface area contributed by atoms with Gasteiger partial charge in [-0.3, -0.25) is 15.1 Å². The van der Waals surface area contributed by atoms with Crippen LogP contribution >= 0.6 is 0 Å². The molecule has 0 spiro atoms. The van der Waals surface area contributed by atoms with E-state index in [-0.39, 0.29) is 5.76 Å². The van der Waals surface area contributed by atoms with Gasteiger partial charge in [-0.25, -0.2) is 5.84 Å². The first-order chi connectivity index (χ1) is 7.79. The Morgan fingerprint density at radius 2 is 2.25 bits per heavy atom. The molecule has 16 heavy (non-hydrogen) atoms. The Morgan fingerprint density at radius 1 is 1.50 bits per heavy atom. The molecule has 0 saturated carbocycles. The Hall–Kier alpha value is -1.37. The molecule has 0 aliphatic carbocycles. The van der Waals surface area contributed by atoms with Crippen LogP contribution in [0.4, 0.5) is 0 Å². The van der Waals surface area contributed by atoms with Crippen molar-refractivity contribution in [1.82, 2.24) is 15.6 Å². The number of carbonyl (C=O) groups is 1. The molecule has 0 aromatic carbocycles. The molecular weight excluding hydrogens is 208 g/mol. The molecule has 6 nitrogen and oxygen atoms in total. The van der Waals surface area contributed by atoms with Gasteiger partial charge in [-0.05, 0) is 12.1 Å². The fourth-order valence-corrected chi connectivity index (χ4v) is 1.75. The Labute approximate surface area is 93.7 Å². The van der Waals surface area contributed by atoms with Gasteiger partial charge in [-0.2, -0.15) is 0 Å². The van der Waals surface area contributed by atoms with Crippen molar-refractivity contribution in [3.63, 3.8) is 0 Å². The van der Waals surface area contributed by atoms with Crippen LogP contribution in [-0.4, -0.2) is 37.0 Å². The molecule has 4 N–H and O–H groups in total. The normalized spacial score (nSPS) is 17.3. The highest BCUT2D eigenvalue weighted by Crippen LogP contribution is 2.10. The van der Waals surface area contributed by atoms with Crippen molar-refractivity contribution in [2.45, 2.75) is 6.54 Å². The van der Waals surface area contributed by atoms with Gasteiger partial charge >= 0.3 is 5.91 Å². The van der Waals surface area contributed by atoms with Gasteiger partial charge in [0.2, 0.25) is 0 Å². The van der Waals surface area contributed by atoms with E-state index in [4.69, 9.17) is 10.3 Å². The second-order valence-electron chi connectivity index (χ2n) is 3.77. The number of carbonyl (C=O) groups excluding carboxylic acids is 1. The number of hydrazine groups is 1. The number of rotatable bonds is 3. The minimum atomic E-state index is -0.397. The van der Waals surface area contributed by atoms with Gasteiger partial charge in [0.05, 0.1) is 6.54 Å². The maximum absolute atomic E-state index is 11.2. The molecule has 0 radical (unpaired) electrons. The highest BCUT2D eigenvalue weighted by molar-refractivity contribution is 5.90. The van der Waals surface area contributed by atoms with Crippen LogP contribution < -0.4 is 16.6 Å². The summed E-state index contributed by atoms with van der Waals surface area (Å²) < 4.78 is 5.38. The summed E-state index contributed by atoms with van der Waals surface area (Å²) in [7, 11) is 0. The van der Waals surface area contributed by atoms with Crippen LogP contribution in [0.5, 0.6) is 0 Å². The summed E-state index contributed by atoms with van der Waals surface area (Å²) in [6, 6.07) is 3.45. The number of nitrogen functional groups attached to an aromatic ring is 1. The number of hydrogen-bond donors (Lipinski definition) is 3. The van der Waals surface area contributed by atoms with E-state index in [1.807, 2.05) is 11.5 Å². The SMILES string of the molecule is NNC(=O)c1ccc(CN2CCNCC2)o1. The lowest BCUT2D eigenvalue weighted by Crippen LogP contribution is -2.42. The lowest BCUT2D eigenvalue weighted by atomic mass is 10.3. The molecule has 1 aliphatic heterocycles. The highest BCUT2D eigenvalue weighted by atomic mass is 16.4. The summed E-state index contributed by atoms with van der Waals surface area (Å²) in [6.45, 7) is 4.73. The van der Waals surface area contributed by atoms with Crippen LogP contribution in [0.2, 0.25) is 0 Å². The number of amides is 1. The largest absolute Gasteiger partial charge is 0.455 e. The monoisotopic (exact) mass is 224 g/mol. The fraction of sp³-hybridized carbons (Fsp3) is 0.500. The van der Waals surface area contributed by atoms with Gasteiger partial charge in [0.1, 0.15) is 5.76 Å². The molecule has 2 rings (SSSR count). The van der Waals surface area contributed by atoms with Crippen LogP contribution in [0, 0.1) is 0 Å². The van der Waals surface area contributed by atoms with E-state index in [9.17, 15) is 4.79 Å². The van der Waals surface area contributed by atoms with E-state index >= 15 is 0 Å². The third-order valence-electron chi connectivity index (χ3n) is 2.61. The van der Waals surface area contributed by atoms with Crippen LogP contribution in [0.15, 0.2) is 16.5 Å². The van der Waals surface area contributed by atoms with Crippen molar-refractivity contribution in [3.8, 4) is 0 Å². The third-order valence-corrected chi connectivity index (χ3v) is 2.61. The van der Waals surface area contributed by atoms with Crippen LogP contribution in [0.25, 0.3) is 0 Å². The Balaban J connectivity index is 1.94. The average molecular weight is 224 g/mol. The zero-order chi connectivity index (χ0) is 11.4. The van der Waals surface area contributed by atoms with Gasteiger partial charge in [0.15, 0.2) is 5.76 Å². The lowest BCUT2D eigenvalue weighted by molar-refractivity contribution is 0.0921. The standard InChI is InChI=1S/C10H16N4O2/c11-13-10(15)9-2-1-8(16-9)7-14-5-3-12-4-6-14/h1-2,12H,3-7,11H2,(H,13,15). The highest BCUT2D eigenvalue weighted by Gasteiger charge is 2.14. The molecule has 1 aromatic heterocycles. The summed E-state index contributed by atoms with van der Waals surface area (Å²) in [5.74, 6) is 5.67. The number of nitrogens with zero attached hydrogens (tertiary/aromatic N) is 1. The van der Waals surface area contributed by atoms with E-state index in [0.717, 1.165) is 38.5 Å². The first kappa shape index (κ1) is 11.1. The molecule has 1 fully saturated rings. The van der Waals surface area contributed by atoms with Crippen LogP contribution in [0.3, 0.4) is 0 Å². The van der Waals surface area contributed by atoms with E-state index in [1.54, 1.807) is 6.07 Å². The van der Waals surface area contributed by atoms with Gasteiger partial charge in [-0.15, -0.1) is 0 Å². The van der Waals surface area contributed by atoms with E-state index in [0.29, 0.717) is 0 Å². The number of hydrogen-bond acceptors (Lipinski definition) is 5. The molecule has 2 heterocycles. The number of nitrogens with one attached hydrogen (secondary N) is 2. The summed E-state index contributed by atoms with van der Waals surface area (Å²) in [6.07, 6.45) is 0. The Morgan fingerprint density at radius 3 is 2.94 bits per heavy atom. The summed E-state index contributed by atoms with van der Waals surface area (Å²) >= 11 is 0. The molecule has 88 valence electrons. The third kappa shape index (κ3) is 2.60. The molecule has 1 amide bonds. The number of piperazine rings is 1. The van der Waals surface area contributed by atoms with E-state index in [2.05, 4.69) is 10.2 Å². The number of nitrogens with two attached hydrogens (primary N) is 1. The molecule has 1 saturated heterocycles. The average Bonchev–Trinajstić information content (AvgIpc) is 2.78. The lowest BCUT2D eigenvalue weighted by Gasteiger charge is -2.26. The van der Waals surface area contributed by atoms with Crippen molar-refractivity contribution >= 4 is 5.91 Å². The molecule has 0 unspecified atom stereocenters. The van der Waals surface area contributed by atoms with Crippen molar-refractivity contribution in [1.29, 1.82) is 0 Å². The predicted octanol–water partition coefficient (Wildman–Crippen LogP) is -0.712. The van der Waals surface area contributed by atoms with Gasteiger partial charge in [0, 0.05) is 26.2 Å². The molecule has 6 heteroatoms. The summed E-state index contributed by atoms with van der Waals surface area (Å²) in [4.78, 5) is 13.4. The Kier molecular flexibility index (Phi) is 3.55. The zero-order valence-corrected chi connectivity index (χ0v) is 9.03. The quantitative estimate of drug-likeness (QED) is 0.359. The predicted molar refractivity (Wildman–Crippen MR) is 58.5 cm³/mol. The molecule has 0 bridgehead atoms. The Bertz CT molecular complexity index is 357. The molecule has 0 atom stereocenters. The van der Waals surface area contributed by atoms with Crippen molar-refractivity contribution < 1.29 is 9.21 Å². The topological polar surface area (TPSA) is 83.5 Å². The number of furan rings is 1.